The zero-order valence-corrected chi connectivity index (χ0v) is 60.6. The molecule has 2 aromatic rings. The van der Waals surface area contributed by atoms with Crippen LogP contribution in [0.3, 0.4) is 0 Å². The van der Waals surface area contributed by atoms with E-state index in [1.54, 1.807) is 0 Å². The molecule has 0 saturated carbocycles. The van der Waals surface area contributed by atoms with Crippen molar-refractivity contribution >= 4 is 69.7 Å². The maximum Gasteiger partial charge on any atom is 2.00 e. The topological polar surface area (TPSA) is 24.1 Å². The van der Waals surface area contributed by atoms with Crippen LogP contribution in [-0.4, -0.2) is 8.64 Å². The number of nitrogens with one attached hydrogen (secondary N) is 2. The minimum absolute atomic E-state index is 0. The number of aryl methyl sites for hydroxylation is 2. The van der Waals surface area contributed by atoms with Crippen molar-refractivity contribution in [2.45, 2.75) is 387 Å². The molecule has 0 aliphatic rings. The van der Waals surface area contributed by atoms with Gasteiger partial charge < -0.3 is 60.3 Å². The van der Waals surface area contributed by atoms with Gasteiger partial charge in [-0.3, -0.25) is 0 Å². The molecule has 0 radical (unpaired) electrons. The van der Waals surface area contributed by atoms with Crippen molar-refractivity contribution in [1.82, 2.24) is 0 Å². The first-order chi connectivity index (χ1) is 39.4. The summed E-state index contributed by atoms with van der Waals surface area (Å²) in [5, 5.41) is 6.61. The predicted octanol–water partition coefficient (Wildman–Crippen LogP) is 26.4. The summed E-state index contributed by atoms with van der Waals surface area (Å²) in [6.45, 7) is 9.19. The quantitative estimate of drug-likeness (QED) is 0.0296. The van der Waals surface area contributed by atoms with Crippen molar-refractivity contribution < 1.29 is 19.5 Å². The van der Waals surface area contributed by atoms with E-state index in [0.29, 0.717) is 8.64 Å². The third-order valence-corrected chi connectivity index (χ3v) is 17.6. The zero-order valence-electron chi connectivity index (χ0n) is 54.4. The number of unbranched alkanes of at least 4 members (excludes halogenated alkanes) is 48. The molecule has 2 aromatic carbocycles. The molecular weight excluding hydrogens is 1110 g/mol. The zero-order chi connectivity index (χ0) is 57.9. The van der Waals surface area contributed by atoms with Gasteiger partial charge in [0.15, 0.2) is 0 Å². The molecule has 0 aromatic heterocycles. The summed E-state index contributed by atoms with van der Waals surface area (Å²) in [7, 11) is 0. The van der Waals surface area contributed by atoms with E-state index in [1.807, 2.05) is 0 Å². The average molecular weight is 1240 g/mol. The number of hydrogen-bond acceptors (Lipinski definition) is 4. The molecule has 0 saturated heterocycles. The van der Waals surface area contributed by atoms with E-state index in [0.717, 1.165) is 24.2 Å². The SMILES string of the molecule is CCCCCCCCCCCCCCCc1cccc(NC(=S)[S-])c1CCCCCCCCCCCCCCC.CCCCCCCCCCCCCCCc1cccc(NC(=S)[S-])c1CCCCCCCCCCCCCCC.[Zn+2]. The van der Waals surface area contributed by atoms with Crippen LogP contribution in [0.4, 0.5) is 11.4 Å². The second-order valence-corrected chi connectivity index (χ2v) is 26.8. The molecule has 7 heteroatoms. The molecule has 0 atom stereocenters. The number of benzene rings is 2. The molecule has 0 aliphatic heterocycles. The van der Waals surface area contributed by atoms with Crippen LogP contribution in [-0.2, 0) is 70.4 Å². The molecule has 0 bridgehead atoms. The Balaban J connectivity index is 0.00000156. The Morgan fingerprint density at radius 2 is 0.444 bits per heavy atom. The first kappa shape index (κ1) is 80.3. The van der Waals surface area contributed by atoms with E-state index in [2.05, 4.69) is 74.7 Å². The molecule has 0 aliphatic carbocycles. The van der Waals surface area contributed by atoms with Crippen molar-refractivity contribution in [1.29, 1.82) is 0 Å². The van der Waals surface area contributed by atoms with Crippen molar-refractivity contribution in [3.8, 4) is 0 Å². The number of hydrogen-bond donors (Lipinski definition) is 2. The van der Waals surface area contributed by atoms with Gasteiger partial charge in [0.2, 0.25) is 0 Å². The fourth-order valence-corrected chi connectivity index (χ4v) is 12.5. The van der Waals surface area contributed by atoms with Crippen LogP contribution in [0.1, 0.15) is 384 Å². The van der Waals surface area contributed by atoms with E-state index in [-0.39, 0.29) is 19.5 Å². The van der Waals surface area contributed by atoms with Gasteiger partial charge in [-0.2, -0.15) is 0 Å². The largest absolute Gasteiger partial charge is 2.00 e. The smallest absolute Gasteiger partial charge is 0.411 e. The molecule has 0 spiro atoms. The summed E-state index contributed by atoms with van der Waals surface area (Å²) in [6, 6.07) is 13.4. The van der Waals surface area contributed by atoms with E-state index >= 15 is 0 Å². The molecule has 0 fully saturated rings. The Hall–Kier alpha value is -0.717. The summed E-state index contributed by atoms with van der Waals surface area (Å²) >= 11 is 20.9. The maximum absolute atomic E-state index is 5.22. The fourth-order valence-electron chi connectivity index (χ4n) is 12.1. The summed E-state index contributed by atoms with van der Waals surface area (Å²) in [5.41, 5.74) is 8.28. The van der Waals surface area contributed by atoms with Crippen LogP contribution in [0.2, 0.25) is 0 Å². The number of thiocarbonyl (C=S) groups is 2. The first-order valence-electron chi connectivity index (χ1n) is 35.5. The van der Waals surface area contributed by atoms with Crippen LogP contribution in [0, 0.1) is 0 Å². The Morgan fingerprint density at radius 3 is 0.630 bits per heavy atom. The van der Waals surface area contributed by atoms with Gasteiger partial charge in [0.05, 0.1) is 0 Å². The molecule has 81 heavy (non-hydrogen) atoms. The third-order valence-electron chi connectivity index (χ3n) is 17.2. The molecule has 2 N–H and O–H groups in total. The van der Waals surface area contributed by atoms with E-state index in [4.69, 9.17) is 49.7 Å². The van der Waals surface area contributed by atoms with E-state index in [9.17, 15) is 0 Å². The van der Waals surface area contributed by atoms with Crippen LogP contribution in [0.5, 0.6) is 0 Å². The van der Waals surface area contributed by atoms with Crippen LogP contribution in [0.25, 0.3) is 0 Å². The van der Waals surface area contributed by atoms with Gasteiger partial charge >= 0.3 is 19.5 Å². The Bertz CT molecular complexity index is 1530. The number of anilines is 2. The standard InChI is InChI=1S/2C37H67NS2.Zn/c2*1-3-5-7-9-11-13-15-17-19-21-23-25-27-30-34-31-29-33-36(38-37(39)40)35(34)32-28-26-24-22-20-18-16-14-12-10-8-6-4-2;/h2*29,31,33H,3-28,30,32H2,1-2H3,(H2,38,39,40);/q;;+2/p-2. The van der Waals surface area contributed by atoms with Crippen molar-refractivity contribution in [2.24, 2.45) is 0 Å². The molecule has 2 nitrogen and oxygen atoms in total. The second-order valence-electron chi connectivity index (χ2n) is 24.7. The first-order valence-corrected chi connectivity index (χ1v) is 37.2. The predicted molar refractivity (Wildman–Crippen MR) is 378 cm³/mol. The summed E-state index contributed by atoms with van der Waals surface area (Å²) in [4.78, 5) is 0. The van der Waals surface area contributed by atoms with Crippen LogP contribution in [0.15, 0.2) is 36.4 Å². The van der Waals surface area contributed by atoms with Gasteiger partial charge in [0, 0.05) is 11.4 Å². The summed E-state index contributed by atoms with van der Waals surface area (Å²) in [6.07, 6.45) is 77.7. The van der Waals surface area contributed by atoms with E-state index in [1.165, 1.54) is 369 Å². The van der Waals surface area contributed by atoms with Gasteiger partial charge in [-0.25, -0.2) is 0 Å². The number of rotatable bonds is 58. The fraction of sp³-hybridized carbons (Fsp3) is 0.811. The molecule has 0 unspecified atom stereocenters. The normalized spacial score (nSPS) is 11.1. The molecule has 0 amide bonds. The van der Waals surface area contributed by atoms with Crippen molar-refractivity contribution in [3.63, 3.8) is 0 Å². The monoisotopic (exact) mass is 1240 g/mol. The summed E-state index contributed by atoms with van der Waals surface area (Å²) < 4.78 is 0.925. The van der Waals surface area contributed by atoms with E-state index < -0.39 is 0 Å². The van der Waals surface area contributed by atoms with Gasteiger partial charge in [0.25, 0.3) is 0 Å². The minimum Gasteiger partial charge on any atom is -0.411 e. The second kappa shape index (κ2) is 63.8. The minimum atomic E-state index is 0. The van der Waals surface area contributed by atoms with Crippen LogP contribution >= 0.6 is 24.4 Å². The van der Waals surface area contributed by atoms with Crippen molar-refractivity contribution in [3.05, 3.63) is 58.7 Å². The molecule has 464 valence electrons. The maximum atomic E-state index is 5.22. The Morgan fingerprint density at radius 1 is 0.272 bits per heavy atom. The molecule has 2 rings (SSSR count). The van der Waals surface area contributed by atoms with Gasteiger partial charge in [-0.15, -0.1) is 0 Å². The van der Waals surface area contributed by atoms with Crippen molar-refractivity contribution in [2.75, 3.05) is 10.6 Å². The average Bonchev–Trinajstić information content (AvgIpc) is 3.45. The summed E-state index contributed by atoms with van der Waals surface area (Å²) in [5.74, 6) is 0. The van der Waals surface area contributed by atoms with Crippen LogP contribution < -0.4 is 10.6 Å². The Kier molecular flexibility index (Phi) is 63.2. The van der Waals surface area contributed by atoms with Gasteiger partial charge in [0.1, 0.15) is 0 Å². The Labute approximate surface area is 541 Å². The molecule has 0 heterocycles. The van der Waals surface area contributed by atoms with Gasteiger partial charge in [-0.1, -0.05) is 369 Å². The van der Waals surface area contributed by atoms with Gasteiger partial charge in [-0.05, 0) is 85.8 Å². The molecular formula is C74H132N2S4Zn. The third kappa shape index (κ3) is 52.2.